The highest BCUT2D eigenvalue weighted by Crippen LogP contribution is 2.22. The van der Waals surface area contributed by atoms with Gasteiger partial charge in [0.25, 0.3) is 0 Å². The molecule has 1 aliphatic heterocycles. The number of ether oxygens (including phenoxy) is 1. The van der Waals surface area contributed by atoms with Crippen LogP contribution in [-0.2, 0) is 4.74 Å². The van der Waals surface area contributed by atoms with Gasteiger partial charge in [-0.15, -0.1) is 0 Å². The fraction of sp³-hybridized carbons (Fsp3) is 0.312. The van der Waals surface area contributed by atoms with Crippen molar-refractivity contribution >= 4 is 22.7 Å². The SMILES string of the molecule is CNc1cncc(Nc2ccc(N3CCOCC3)cc2)c1. The van der Waals surface area contributed by atoms with Gasteiger partial charge in [0.2, 0.25) is 0 Å². The molecule has 0 saturated carbocycles. The largest absolute Gasteiger partial charge is 0.387 e. The summed E-state index contributed by atoms with van der Waals surface area (Å²) in [5.74, 6) is 0. The van der Waals surface area contributed by atoms with Gasteiger partial charge in [0, 0.05) is 31.5 Å². The first-order valence-electron chi connectivity index (χ1n) is 7.18. The molecule has 2 N–H and O–H groups in total. The third-order valence-electron chi connectivity index (χ3n) is 3.56. The Kier molecular flexibility index (Phi) is 4.21. The summed E-state index contributed by atoms with van der Waals surface area (Å²) in [6.45, 7) is 3.53. The van der Waals surface area contributed by atoms with Crippen LogP contribution in [0.25, 0.3) is 0 Å². The minimum atomic E-state index is 0.808. The van der Waals surface area contributed by atoms with Crippen molar-refractivity contribution in [1.29, 1.82) is 0 Å². The van der Waals surface area contributed by atoms with Crippen molar-refractivity contribution in [3.8, 4) is 0 Å². The second-order valence-electron chi connectivity index (χ2n) is 4.98. The average molecular weight is 284 g/mol. The van der Waals surface area contributed by atoms with Gasteiger partial charge in [-0.05, 0) is 30.3 Å². The number of aromatic nitrogens is 1. The molecule has 1 aromatic heterocycles. The van der Waals surface area contributed by atoms with Crippen LogP contribution in [0.5, 0.6) is 0 Å². The molecule has 5 nitrogen and oxygen atoms in total. The van der Waals surface area contributed by atoms with Crippen LogP contribution in [0.15, 0.2) is 42.7 Å². The highest BCUT2D eigenvalue weighted by molar-refractivity contribution is 5.65. The molecule has 2 aromatic rings. The molecule has 0 aliphatic carbocycles. The van der Waals surface area contributed by atoms with Crippen molar-refractivity contribution in [2.24, 2.45) is 0 Å². The minimum Gasteiger partial charge on any atom is -0.387 e. The molecule has 110 valence electrons. The molecule has 21 heavy (non-hydrogen) atoms. The molecule has 1 aromatic carbocycles. The number of anilines is 4. The maximum absolute atomic E-state index is 5.38. The van der Waals surface area contributed by atoms with E-state index in [2.05, 4.69) is 44.8 Å². The number of rotatable bonds is 4. The lowest BCUT2D eigenvalue weighted by Crippen LogP contribution is -2.36. The van der Waals surface area contributed by atoms with Gasteiger partial charge in [-0.3, -0.25) is 4.98 Å². The smallest absolute Gasteiger partial charge is 0.0642 e. The summed E-state index contributed by atoms with van der Waals surface area (Å²) >= 11 is 0. The van der Waals surface area contributed by atoms with E-state index >= 15 is 0 Å². The predicted molar refractivity (Wildman–Crippen MR) is 86.5 cm³/mol. The Morgan fingerprint density at radius 2 is 1.71 bits per heavy atom. The summed E-state index contributed by atoms with van der Waals surface area (Å²) in [7, 11) is 1.89. The van der Waals surface area contributed by atoms with Crippen molar-refractivity contribution in [2.75, 3.05) is 48.9 Å². The standard InChI is InChI=1S/C16H20N4O/c1-17-14-10-15(12-18-11-14)19-13-2-4-16(5-3-13)20-6-8-21-9-7-20/h2-5,10-12,17,19H,6-9H2,1H3. The van der Waals surface area contributed by atoms with Crippen LogP contribution in [-0.4, -0.2) is 38.3 Å². The Balaban J connectivity index is 1.68. The van der Waals surface area contributed by atoms with Gasteiger partial charge < -0.3 is 20.3 Å². The summed E-state index contributed by atoms with van der Waals surface area (Å²) in [6, 6.07) is 10.5. The minimum absolute atomic E-state index is 0.808. The molecule has 0 atom stereocenters. The Bertz CT molecular complexity index is 579. The summed E-state index contributed by atoms with van der Waals surface area (Å²) in [5.41, 5.74) is 4.26. The van der Waals surface area contributed by atoms with Crippen molar-refractivity contribution < 1.29 is 4.74 Å². The molecule has 2 heterocycles. The Labute approximate surface area is 125 Å². The maximum atomic E-state index is 5.38. The molecule has 0 amide bonds. The number of morpholine rings is 1. The van der Waals surface area contributed by atoms with E-state index < -0.39 is 0 Å². The summed E-state index contributed by atoms with van der Waals surface area (Å²) < 4.78 is 5.38. The quantitative estimate of drug-likeness (QED) is 0.904. The molecule has 3 rings (SSSR count). The van der Waals surface area contributed by atoms with Crippen LogP contribution < -0.4 is 15.5 Å². The van der Waals surface area contributed by atoms with E-state index in [1.807, 2.05) is 19.3 Å². The predicted octanol–water partition coefficient (Wildman–Crippen LogP) is 2.70. The normalized spacial score (nSPS) is 14.8. The van der Waals surface area contributed by atoms with Crippen LogP contribution in [0.4, 0.5) is 22.7 Å². The molecule has 0 bridgehead atoms. The highest BCUT2D eigenvalue weighted by atomic mass is 16.5. The van der Waals surface area contributed by atoms with E-state index in [0.717, 1.165) is 43.4 Å². The second-order valence-corrected chi connectivity index (χ2v) is 4.98. The Hall–Kier alpha value is -2.27. The first kappa shape index (κ1) is 13.7. The van der Waals surface area contributed by atoms with Crippen LogP contribution in [0.1, 0.15) is 0 Å². The summed E-state index contributed by atoms with van der Waals surface area (Å²) in [4.78, 5) is 6.54. The van der Waals surface area contributed by atoms with Gasteiger partial charge in [-0.1, -0.05) is 0 Å². The van der Waals surface area contributed by atoms with E-state index in [0.29, 0.717) is 0 Å². The van der Waals surface area contributed by atoms with Gasteiger partial charge >= 0.3 is 0 Å². The first-order chi connectivity index (χ1) is 10.3. The van der Waals surface area contributed by atoms with Crippen LogP contribution >= 0.6 is 0 Å². The van der Waals surface area contributed by atoms with E-state index in [1.54, 1.807) is 6.20 Å². The summed E-state index contributed by atoms with van der Waals surface area (Å²) in [6.07, 6.45) is 3.61. The fourth-order valence-electron chi connectivity index (χ4n) is 2.39. The Morgan fingerprint density at radius 3 is 2.43 bits per heavy atom. The number of benzene rings is 1. The number of pyridine rings is 1. The molecule has 0 radical (unpaired) electrons. The van der Waals surface area contributed by atoms with E-state index in [9.17, 15) is 0 Å². The molecule has 0 spiro atoms. The van der Waals surface area contributed by atoms with E-state index in [-0.39, 0.29) is 0 Å². The third kappa shape index (κ3) is 3.44. The van der Waals surface area contributed by atoms with Gasteiger partial charge in [-0.25, -0.2) is 0 Å². The lowest BCUT2D eigenvalue weighted by atomic mass is 10.2. The van der Waals surface area contributed by atoms with Crippen molar-refractivity contribution in [2.45, 2.75) is 0 Å². The maximum Gasteiger partial charge on any atom is 0.0642 e. The van der Waals surface area contributed by atoms with Crippen LogP contribution in [0.3, 0.4) is 0 Å². The lowest BCUT2D eigenvalue weighted by molar-refractivity contribution is 0.122. The zero-order chi connectivity index (χ0) is 14.5. The number of nitrogens with one attached hydrogen (secondary N) is 2. The van der Waals surface area contributed by atoms with E-state index in [1.165, 1.54) is 5.69 Å². The average Bonchev–Trinajstić information content (AvgIpc) is 2.56. The third-order valence-corrected chi connectivity index (χ3v) is 3.56. The van der Waals surface area contributed by atoms with Gasteiger partial charge in [0.15, 0.2) is 0 Å². The van der Waals surface area contributed by atoms with E-state index in [4.69, 9.17) is 4.74 Å². The molecule has 1 fully saturated rings. The van der Waals surface area contributed by atoms with Gasteiger partial charge in [-0.2, -0.15) is 0 Å². The second kappa shape index (κ2) is 6.45. The number of nitrogens with zero attached hydrogens (tertiary/aromatic N) is 2. The fourth-order valence-corrected chi connectivity index (χ4v) is 2.39. The van der Waals surface area contributed by atoms with Gasteiger partial charge in [0.1, 0.15) is 0 Å². The molecule has 0 unspecified atom stereocenters. The first-order valence-corrected chi connectivity index (χ1v) is 7.18. The number of hydrogen-bond donors (Lipinski definition) is 2. The Morgan fingerprint density at radius 1 is 1.00 bits per heavy atom. The zero-order valence-electron chi connectivity index (χ0n) is 12.2. The molecule has 1 saturated heterocycles. The van der Waals surface area contributed by atoms with Crippen molar-refractivity contribution in [3.63, 3.8) is 0 Å². The van der Waals surface area contributed by atoms with Crippen LogP contribution in [0.2, 0.25) is 0 Å². The molecule has 1 aliphatic rings. The zero-order valence-corrected chi connectivity index (χ0v) is 12.2. The van der Waals surface area contributed by atoms with Gasteiger partial charge in [0.05, 0.1) is 37.0 Å². The monoisotopic (exact) mass is 284 g/mol. The number of hydrogen-bond acceptors (Lipinski definition) is 5. The van der Waals surface area contributed by atoms with Crippen LogP contribution in [0, 0.1) is 0 Å². The molecule has 5 heteroatoms. The molecular weight excluding hydrogens is 264 g/mol. The highest BCUT2D eigenvalue weighted by Gasteiger charge is 2.10. The molecular formula is C16H20N4O. The van der Waals surface area contributed by atoms with Crippen molar-refractivity contribution in [1.82, 2.24) is 4.98 Å². The topological polar surface area (TPSA) is 49.4 Å². The lowest BCUT2D eigenvalue weighted by Gasteiger charge is -2.28. The van der Waals surface area contributed by atoms with Crippen molar-refractivity contribution in [3.05, 3.63) is 42.7 Å². The summed E-state index contributed by atoms with van der Waals surface area (Å²) in [5, 5.41) is 6.45.